The topological polar surface area (TPSA) is 99.2 Å². The molecular weight excluding hydrogens is 356 g/mol. The number of carbonyl (C=O) groups excluding carboxylic acids is 2. The number of nitrogen functional groups attached to an aromatic ring is 1. The number of nitrogens with one attached hydrogen (secondary N) is 1. The SMILES string of the molecule is CCOC(=O)c1cnn(-c2ccc(C(=O)N[C@H](C)c3ccccc3)cc2)c1N. The average molecular weight is 378 g/mol. The Morgan fingerprint density at radius 2 is 1.82 bits per heavy atom. The van der Waals surface area contributed by atoms with Crippen LogP contribution in [0.5, 0.6) is 0 Å². The van der Waals surface area contributed by atoms with Crippen molar-refractivity contribution < 1.29 is 14.3 Å². The van der Waals surface area contributed by atoms with Gasteiger partial charge in [-0.25, -0.2) is 9.48 Å². The lowest BCUT2D eigenvalue weighted by molar-refractivity contribution is 0.0527. The summed E-state index contributed by atoms with van der Waals surface area (Å²) >= 11 is 0. The van der Waals surface area contributed by atoms with Gasteiger partial charge in [0.1, 0.15) is 11.4 Å². The van der Waals surface area contributed by atoms with Gasteiger partial charge in [-0.05, 0) is 43.7 Å². The van der Waals surface area contributed by atoms with Crippen molar-refractivity contribution in [3.05, 3.63) is 77.5 Å². The summed E-state index contributed by atoms with van der Waals surface area (Å²) < 4.78 is 6.39. The number of anilines is 1. The maximum atomic E-state index is 12.5. The van der Waals surface area contributed by atoms with Gasteiger partial charge in [0.15, 0.2) is 0 Å². The van der Waals surface area contributed by atoms with Crippen molar-refractivity contribution in [1.29, 1.82) is 0 Å². The minimum absolute atomic E-state index is 0.109. The van der Waals surface area contributed by atoms with Crippen LogP contribution in [0.15, 0.2) is 60.8 Å². The van der Waals surface area contributed by atoms with E-state index in [1.54, 1.807) is 31.2 Å². The van der Waals surface area contributed by atoms with E-state index in [9.17, 15) is 9.59 Å². The van der Waals surface area contributed by atoms with E-state index in [1.165, 1.54) is 10.9 Å². The van der Waals surface area contributed by atoms with Crippen LogP contribution >= 0.6 is 0 Å². The van der Waals surface area contributed by atoms with Crippen LogP contribution in [-0.4, -0.2) is 28.3 Å². The van der Waals surface area contributed by atoms with Crippen LogP contribution in [0.25, 0.3) is 5.69 Å². The Kier molecular flexibility index (Phi) is 5.74. The molecule has 0 bridgehead atoms. The van der Waals surface area contributed by atoms with Crippen LogP contribution < -0.4 is 11.1 Å². The summed E-state index contributed by atoms with van der Waals surface area (Å²) in [7, 11) is 0. The number of nitrogens with two attached hydrogens (primary N) is 1. The molecule has 0 spiro atoms. The maximum Gasteiger partial charge on any atom is 0.343 e. The van der Waals surface area contributed by atoms with E-state index in [-0.39, 0.29) is 29.9 Å². The van der Waals surface area contributed by atoms with Gasteiger partial charge in [0.2, 0.25) is 0 Å². The molecule has 0 saturated heterocycles. The van der Waals surface area contributed by atoms with E-state index in [2.05, 4.69) is 10.4 Å². The second kappa shape index (κ2) is 8.39. The molecule has 7 nitrogen and oxygen atoms in total. The molecule has 2 aromatic carbocycles. The average Bonchev–Trinajstić information content (AvgIpc) is 3.10. The zero-order valence-electron chi connectivity index (χ0n) is 15.8. The predicted octanol–water partition coefficient (Wildman–Crippen LogP) is 3.12. The van der Waals surface area contributed by atoms with Gasteiger partial charge in [-0.15, -0.1) is 0 Å². The Balaban J connectivity index is 1.73. The highest BCUT2D eigenvalue weighted by Gasteiger charge is 2.17. The summed E-state index contributed by atoms with van der Waals surface area (Å²) in [6, 6.07) is 16.5. The molecule has 1 heterocycles. The highest BCUT2D eigenvalue weighted by atomic mass is 16.5. The molecule has 7 heteroatoms. The molecule has 1 amide bonds. The Morgan fingerprint density at radius 1 is 1.14 bits per heavy atom. The Hall–Kier alpha value is -3.61. The molecule has 0 aliphatic carbocycles. The third-order valence-corrected chi connectivity index (χ3v) is 4.32. The van der Waals surface area contributed by atoms with Gasteiger partial charge in [0.05, 0.1) is 24.5 Å². The lowest BCUT2D eigenvalue weighted by atomic mass is 10.1. The number of esters is 1. The second-order valence-corrected chi connectivity index (χ2v) is 6.23. The summed E-state index contributed by atoms with van der Waals surface area (Å²) in [6.07, 6.45) is 1.37. The number of benzene rings is 2. The number of ether oxygens (including phenoxy) is 1. The number of carbonyl (C=O) groups is 2. The van der Waals surface area contributed by atoms with Crippen molar-refractivity contribution >= 4 is 17.7 Å². The number of rotatable bonds is 6. The summed E-state index contributed by atoms with van der Waals surface area (Å²) in [5, 5.41) is 7.11. The zero-order valence-corrected chi connectivity index (χ0v) is 15.8. The molecule has 1 aromatic heterocycles. The highest BCUT2D eigenvalue weighted by Crippen LogP contribution is 2.19. The molecular formula is C21H22N4O3. The summed E-state index contributed by atoms with van der Waals surface area (Å²) in [5.41, 5.74) is 8.41. The van der Waals surface area contributed by atoms with Crippen molar-refractivity contribution in [1.82, 2.24) is 15.1 Å². The van der Waals surface area contributed by atoms with Gasteiger partial charge in [-0.2, -0.15) is 5.10 Å². The fourth-order valence-corrected chi connectivity index (χ4v) is 2.79. The van der Waals surface area contributed by atoms with E-state index in [4.69, 9.17) is 10.5 Å². The van der Waals surface area contributed by atoms with Crippen molar-refractivity contribution in [2.75, 3.05) is 12.3 Å². The van der Waals surface area contributed by atoms with E-state index >= 15 is 0 Å². The lowest BCUT2D eigenvalue weighted by Gasteiger charge is -2.14. The predicted molar refractivity (Wildman–Crippen MR) is 106 cm³/mol. The van der Waals surface area contributed by atoms with E-state index in [0.717, 1.165) is 5.56 Å². The van der Waals surface area contributed by atoms with Gasteiger partial charge in [0.25, 0.3) is 5.91 Å². The molecule has 3 rings (SSSR count). The van der Waals surface area contributed by atoms with E-state index in [1.807, 2.05) is 37.3 Å². The number of amides is 1. The monoisotopic (exact) mass is 378 g/mol. The molecule has 0 saturated carbocycles. The molecule has 144 valence electrons. The highest BCUT2D eigenvalue weighted by molar-refractivity contribution is 5.95. The molecule has 0 radical (unpaired) electrons. The van der Waals surface area contributed by atoms with E-state index in [0.29, 0.717) is 11.3 Å². The van der Waals surface area contributed by atoms with E-state index < -0.39 is 5.97 Å². The van der Waals surface area contributed by atoms with Crippen LogP contribution in [0.3, 0.4) is 0 Å². The molecule has 3 aromatic rings. The fraction of sp³-hybridized carbons (Fsp3) is 0.190. The fourth-order valence-electron chi connectivity index (χ4n) is 2.79. The van der Waals surface area contributed by atoms with Crippen molar-refractivity contribution in [3.8, 4) is 5.69 Å². The van der Waals surface area contributed by atoms with Crippen LogP contribution in [-0.2, 0) is 4.74 Å². The van der Waals surface area contributed by atoms with Crippen LogP contribution in [0.4, 0.5) is 5.82 Å². The molecule has 0 aliphatic rings. The summed E-state index contributed by atoms with van der Waals surface area (Å²) in [6.45, 7) is 3.92. The number of nitrogens with zero attached hydrogens (tertiary/aromatic N) is 2. The Bertz CT molecular complexity index is 965. The normalized spacial score (nSPS) is 11.6. The number of hydrogen-bond acceptors (Lipinski definition) is 5. The zero-order chi connectivity index (χ0) is 20.1. The van der Waals surface area contributed by atoms with Gasteiger partial charge in [0, 0.05) is 5.56 Å². The lowest BCUT2D eigenvalue weighted by Crippen LogP contribution is -2.26. The third kappa shape index (κ3) is 4.03. The Morgan fingerprint density at radius 3 is 2.46 bits per heavy atom. The van der Waals surface area contributed by atoms with Gasteiger partial charge >= 0.3 is 5.97 Å². The Labute approximate surface area is 163 Å². The molecule has 0 unspecified atom stereocenters. The first-order chi connectivity index (χ1) is 13.5. The molecule has 0 fully saturated rings. The summed E-state index contributed by atoms with van der Waals surface area (Å²) in [4.78, 5) is 24.4. The second-order valence-electron chi connectivity index (χ2n) is 6.23. The largest absolute Gasteiger partial charge is 0.462 e. The summed E-state index contributed by atoms with van der Waals surface area (Å²) in [5.74, 6) is -0.506. The number of aromatic nitrogens is 2. The maximum absolute atomic E-state index is 12.5. The molecule has 0 aliphatic heterocycles. The first kappa shape index (κ1) is 19.2. The minimum Gasteiger partial charge on any atom is -0.462 e. The van der Waals surface area contributed by atoms with Crippen LogP contribution in [0.2, 0.25) is 0 Å². The van der Waals surface area contributed by atoms with Crippen LogP contribution in [0.1, 0.15) is 46.2 Å². The quantitative estimate of drug-likeness (QED) is 0.642. The first-order valence-electron chi connectivity index (χ1n) is 8.98. The van der Waals surface area contributed by atoms with Crippen molar-refractivity contribution in [3.63, 3.8) is 0 Å². The molecule has 3 N–H and O–H groups in total. The first-order valence-corrected chi connectivity index (χ1v) is 8.98. The van der Waals surface area contributed by atoms with Gasteiger partial charge in [-0.3, -0.25) is 4.79 Å². The van der Waals surface area contributed by atoms with Crippen LogP contribution in [0, 0.1) is 0 Å². The van der Waals surface area contributed by atoms with Gasteiger partial charge < -0.3 is 15.8 Å². The van der Waals surface area contributed by atoms with Crippen molar-refractivity contribution in [2.24, 2.45) is 0 Å². The van der Waals surface area contributed by atoms with Crippen molar-refractivity contribution in [2.45, 2.75) is 19.9 Å². The smallest absolute Gasteiger partial charge is 0.343 e. The van der Waals surface area contributed by atoms with Gasteiger partial charge in [-0.1, -0.05) is 30.3 Å². The third-order valence-electron chi connectivity index (χ3n) is 4.32. The standard InChI is InChI=1S/C21H22N4O3/c1-3-28-21(27)18-13-23-25(19(18)22)17-11-9-16(10-12-17)20(26)24-14(2)15-7-5-4-6-8-15/h4-14H,3,22H2,1-2H3,(H,24,26)/t14-/m1/s1. The minimum atomic E-state index is -0.517. The number of hydrogen-bond donors (Lipinski definition) is 2. The molecule has 1 atom stereocenters. The molecule has 28 heavy (non-hydrogen) atoms.